The lowest BCUT2D eigenvalue weighted by Gasteiger charge is -2.20. The highest BCUT2D eigenvalue weighted by Crippen LogP contribution is 2.15. The smallest absolute Gasteiger partial charge is 0.336 e. The van der Waals surface area contributed by atoms with Crippen molar-refractivity contribution in [3.8, 4) is 0 Å². The lowest BCUT2D eigenvalue weighted by molar-refractivity contribution is -0.170. The molecule has 0 saturated carbocycles. The van der Waals surface area contributed by atoms with Crippen molar-refractivity contribution in [1.29, 1.82) is 0 Å². The van der Waals surface area contributed by atoms with Gasteiger partial charge in [0.05, 0.1) is 18.9 Å². The van der Waals surface area contributed by atoms with Crippen LogP contribution in [0.1, 0.15) is 38.7 Å². The molecule has 0 spiro atoms. The summed E-state index contributed by atoms with van der Waals surface area (Å²) < 4.78 is 0. The van der Waals surface area contributed by atoms with Crippen LogP contribution in [-0.4, -0.2) is 67.8 Å². The van der Waals surface area contributed by atoms with E-state index in [4.69, 9.17) is 31.9 Å². The normalized spacial score (nSPS) is 12.6. The summed E-state index contributed by atoms with van der Waals surface area (Å²) in [5.41, 5.74) is 9.40. The van der Waals surface area contributed by atoms with Crippen molar-refractivity contribution in [3.63, 3.8) is 0 Å². The zero-order valence-corrected chi connectivity index (χ0v) is 18.4. The molecule has 2 atom stereocenters. The number of carboxylic acids is 3. The first kappa shape index (κ1) is 29.5. The second-order valence-electron chi connectivity index (χ2n) is 7.87. The molecule has 1 aromatic carbocycles. The number of aliphatic carboxylic acids is 3. The third-order valence-electron chi connectivity index (χ3n) is 4.29. The van der Waals surface area contributed by atoms with Gasteiger partial charge in [-0.1, -0.05) is 44.2 Å². The second kappa shape index (κ2) is 13.8. The standard InChI is InChI=1S/C15H23N3O2.C6H8O7/c1-10(2)8-13(14(17)19)18-15(20)12(16)9-11-6-4-3-5-7-11;7-3(8)1-6(13,5(11)12)2-4(9)10/h3-7,10,12-13H,8-9,16H2,1-2H3,(H2,17,19)(H,18,20);13H,1-2H2,(H,7,8)(H,9,10)(H,11,12)/t12-,13-;/m1./s1. The quantitative estimate of drug-likeness (QED) is 0.204. The van der Waals surface area contributed by atoms with Crippen LogP contribution >= 0.6 is 0 Å². The Hall–Kier alpha value is -3.51. The van der Waals surface area contributed by atoms with Crippen LogP contribution in [0.3, 0.4) is 0 Å². The lowest BCUT2D eigenvalue weighted by atomic mass is 9.96. The van der Waals surface area contributed by atoms with Gasteiger partial charge in [-0.2, -0.15) is 0 Å². The van der Waals surface area contributed by atoms with E-state index in [1.807, 2.05) is 44.2 Å². The number of carbonyl (C=O) groups is 5. The molecule has 12 heteroatoms. The molecule has 0 aliphatic heterocycles. The Morgan fingerprint density at radius 2 is 1.45 bits per heavy atom. The maximum atomic E-state index is 12.0. The van der Waals surface area contributed by atoms with Crippen molar-refractivity contribution >= 4 is 29.7 Å². The molecule has 33 heavy (non-hydrogen) atoms. The molecule has 184 valence electrons. The molecule has 0 fully saturated rings. The van der Waals surface area contributed by atoms with E-state index >= 15 is 0 Å². The first-order chi connectivity index (χ1) is 15.2. The van der Waals surface area contributed by atoms with E-state index in [2.05, 4.69) is 5.32 Å². The van der Waals surface area contributed by atoms with Crippen molar-refractivity contribution < 1.29 is 44.4 Å². The fraction of sp³-hybridized carbons (Fsp3) is 0.476. The molecule has 0 aliphatic carbocycles. The molecule has 0 unspecified atom stereocenters. The van der Waals surface area contributed by atoms with E-state index in [1.165, 1.54) is 0 Å². The molecule has 0 saturated heterocycles. The number of hydrogen-bond donors (Lipinski definition) is 7. The lowest BCUT2D eigenvalue weighted by Crippen LogP contribution is -2.51. The average Bonchev–Trinajstić information content (AvgIpc) is 2.66. The molecular formula is C21H31N3O9. The fourth-order valence-electron chi connectivity index (χ4n) is 2.67. The van der Waals surface area contributed by atoms with Crippen LogP contribution in [0.25, 0.3) is 0 Å². The van der Waals surface area contributed by atoms with Crippen LogP contribution in [0.15, 0.2) is 30.3 Å². The summed E-state index contributed by atoms with van der Waals surface area (Å²) in [6, 6.07) is 8.16. The van der Waals surface area contributed by atoms with Crippen molar-refractivity contribution in [3.05, 3.63) is 35.9 Å². The van der Waals surface area contributed by atoms with Crippen LogP contribution in [0.5, 0.6) is 0 Å². The maximum absolute atomic E-state index is 12.0. The Kier molecular flexibility index (Phi) is 12.3. The number of rotatable bonds is 12. The van der Waals surface area contributed by atoms with Crippen LogP contribution in [0.2, 0.25) is 0 Å². The third-order valence-corrected chi connectivity index (χ3v) is 4.29. The van der Waals surface area contributed by atoms with Crippen molar-refractivity contribution in [2.75, 3.05) is 0 Å². The number of aliphatic hydroxyl groups is 1. The largest absolute Gasteiger partial charge is 0.481 e. The fourth-order valence-corrected chi connectivity index (χ4v) is 2.67. The third kappa shape index (κ3) is 12.2. The monoisotopic (exact) mass is 469 g/mol. The number of nitrogens with one attached hydrogen (secondary N) is 1. The van der Waals surface area contributed by atoms with Crippen LogP contribution < -0.4 is 16.8 Å². The first-order valence-electron chi connectivity index (χ1n) is 9.96. The number of primary amides is 1. The predicted molar refractivity (Wildman–Crippen MR) is 116 cm³/mol. The van der Waals surface area contributed by atoms with Crippen molar-refractivity contribution in [2.45, 2.75) is 57.2 Å². The Morgan fingerprint density at radius 3 is 1.82 bits per heavy atom. The van der Waals surface area contributed by atoms with E-state index < -0.39 is 54.3 Å². The Bertz CT molecular complexity index is 812. The van der Waals surface area contributed by atoms with Gasteiger partial charge in [-0.15, -0.1) is 0 Å². The topological polar surface area (TPSA) is 230 Å². The molecular weight excluding hydrogens is 438 g/mol. The van der Waals surface area contributed by atoms with E-state index in [1.54, 1.807) is 0 Å². The molecule has 2 amide bonds. The minimum atomic E-state index is -2.74. The van der Waals surface area contributed by atoms with Crippen LogP contribution in [-0.2, 0) is 30.4 Å². The molecule has 0 radical (unpaired) electrons. The molecule has 1 rings (SSSR count). The highest BCUT2D eigenvalue weighted by Gasteiger charge is 2.40. The van der Waals surface area contributed by atoms with Gasteiger partial charge in [0.2, 0.25) is 11.8 Å². The maximum Gasteiger partial charge on any atom is 0.336 e. The van der Waals surface area contributed by atoms with E-state index in [-0.39, 0.29) is 11.8 Å². The zero-order valence-electron chi connectivity index (χ0n) is 18.4. The number of benzene rings is 1. The van der Waals surface area contributed by atoms with Crippen LogP contribution in [0.4, 0.5) is 0 Å². The molecule has 0 aliphatic rings. The van der Waals surface area contributed by atoms with Crippen LogP contribution in [0, 0.1) is 5.92 Å². The van der Waals surface area contributed by atoms with E-state index in [0.717, 1.165) is 5.56 Å². The van der Waals surface area contributed by atoms with E-state index in [9.17, 15) is 24.0 Å². The number of hydrogen-bond acceptors (Lipinski definition) is 7. The van der Waals surface area contributed by atoms with Crippen molar-refractivity contribution in [1.82, 2.24) is 5.32 Å². The van der Waals surface area contributed by atoms with Gasteiger partial charge in [0.25, 0.3) is 0 Å². The molecule has 12 nitrogen and oxygen atoms in total. The highest BCUT2D eigenvalue weighted by atomic mass is 16.4. The first-order valence-corrected chi connectivity index (χ1v) is 9.96. The summed E-state index contributed by atoms with van der Waals surface area (Å²) in [4.78, 5) is 53.8. The average molecular weight is 469 g/mol. The van der Waals surface area contributed by atoms with Gasteiger partial charge in [-0.05, 0) is 24.3 Å². The summed E-state index contributed by atoms with van der Waals surface area (Å²) >= 11 is 0. The zero-order chi connectivity index (χ0) is 25.8. The minimum Gasteiger partial charge on any atom is -0.481 e. The SMILES string of the molecule is CC(C)C[C@@H](NC(=O)[C@H](N)Cc1ccccc1)C(N)=O.O=C(O)CC(O)(CC(=O)O)C(=O)O. The summed E-state index contributed by atoms with van der Waals surface area (Å²) in [5.74, 6) is -5.63. The van der Waals surface area contributed by atoms with Gasteiger partial charge in [-0.25, -0.2) is 4.79 Å². The number of carbonyl (C=O) groups excluding carboxylic acids is 2. The van der Waals surface area contributed by atoms with E-state index in [0.29, 0.717) is 12.8 Å². The number of nitrogens with two attached hydrogens (primary N) is 2. The van der Waals surface area contributed by atoms with Gasteiger partial charge in [0, 0.05) is 0 Å². The number of carboxylic acid groups (broad SMARTS) is 3. The van der Waals surface area contributed by atoms with Gasteiger partial charge in [-0.3, -0.25) is 19.2 Å². The van der Waals surface area contributed by atoms with Gasteiger partial charge < -0.3 is 37.2 Å². The summed E-state index contributed by atoms with van der Waals surface area (Å²) in [6.07, 6.45) is -1.35. The molecule has 0 heterocycles. The highest BCUT2D eigenvalue weighted by molar-refractivity contribution is 5.89. The van der Waals surface area contributed by atoms with Gasteiger partial charge >= 0.3 is 17.9 Å². The molecule has 0 bridgehead atoms. The summed E-state index contributed by atoms with van der Waals surface area (Å²) in [6.45, 7) is 3.93. The van der Waals surface area contributed by atoms with Crippen molar-refractivity contribution in [2.24, 2.45) is 17.4 Å². The molecule has 0 aromatic heterocycles. The Labute approximate surface area is 190 Å². The minimum absolute atomic E-state index is 0.262. The number of amides is 2. The van der Waals surface area contributed by atoms with Gasteiger partial charge in [0.1, 0.15) is 6.04 Å². The van der Waals surface area contributed by atoms with Gasteiger partial charge in [0.15, 0.2) is 5.60 Å². The predicted octanol–water partition coefficient (Wildman–Crippen LogP) is -0.676. The second-order valence-corrected chi connectivity index (χ2v) is 7.87. The summed E-state index contributed by atoms with van der Waals surface area (Å²) in [7, 11) is 0. The Balaban J connectivity index is 0.000000684. The summed E-state index contributed by atoms with van der Waals surface area (Å²) in [5, 5.41) is 36.4. The molecule has 1 aromatic rings. The molecule has 9 N–H and O–H groups in total. The Morgan fingerprint density at radius 1 is 0.970 bits per heavy atom.